The molecule has 2 nitrogen and oxygen atoms in total. The van der Waals surface area contributed by atoms with Gasteiger partial charge in [0.1, 0.15) is 5.82 Å². The molecule has 0 amide bonds. The van der Waals surface area contributed by atoms with Crippen LogP contribution in [0.15, 0.2) is 18.3 Å². The molecule has 0 aliphatic carbocycles. The zero-order valence-electron chi connectivity index (χ0n) is 9.70. The molecule has 0 aliphatic rings. The Morgan fingerprint density at radius 3 is 2.53 bits per heavy atom. The molecular formula is C12H19ClN2. The minimum absolute atomic E-state index is 0.530. The summed E-state index contributed by atoms with van der Waals surface area (Å²) < 4.78 is 0. The quantitative estimate of drug-likeness (QED) is 0.715. The van der Waals surface area contributed by atoms with Crippen LogP contribution in [-0.2, 0) is 5.88 Å². The fourth-order valence-electron chi connectivity index (χ4n) is 1.59. The maximum absolute atomic E-state index is 5.73. The summed E-state index contributed by atoms with van der Waals surface area (Å²) in [5.41, 5.74) is 1.07. The van der Waals surface area contributed by atoms with Crippen molar-refractivity contribution >= 4 is 17.4 Å². The highest BCUT2D eigenvalue weighted by Gasteiger charge is 2.11. The van der Waals surface area contributed by atoms with Crippen molar-refractivity contribution < 1.29 is 0 Å². The van der Waals surface area contributed by atoms with Gasteiger partial charge in [-0.25, -0.2) is 4.98 Å². The first-order valence-corrected chi connectivity index (χ1v) is 6.03. The Balaban J connectivity index is 2.83. The first-order chi connectivity index (χ1) is 7.22. The molecule has 1 atom stereocenters. The highest BCUT2D eigenvalue weighted by Crippen LogP contribution is 2.16. The Hall–Kier alpha value is -0.760. The molecule has 0 N–H and O–H groups in total. The number of anilines is 1. The van der Waals surface area contributed by atoms with Crippen LogP contribution in [0.1, 0.15) is 32.8 Å². The van der Waals surface area contributed by atoms with Crippen LogP contribution >= 0.6 is 11.6 Å². The summed E-state index contributed by atoms with van der Waals surface area (Å²) >= 11 is 5.73. The Morgan fingerprint density at radius 2 is 2.13 bits per heavy atom. The van der Waals surface area contributed by atoms with Gasteiger partial charge in [0.15, 0.2) is 0 Å². The Kier molecular flexibility index (Phi) is 4.89. The van der Waals surface area contributed by atoms with Gasteiger partial charge < -0.3 is 4.90 Å². The van der Waals surface area contributed by atoms with Gasteiger partial charge in [-0.15, -0.1) is 11.6 Å². The van der Waals surface area contributed by atoms with E-state index in [1.807, 2.05) is 18.3 Å². The summed E-state index contributed by atoms with van der Waals surface area (Å²) in [4.78, 5) is 6.73. The SMILES string of the molecule is CCC(C)N(CC)c1ccc(CCl)cn1. The standard InChI is InChI=1S/C12H19ClN2/c1-4-10(3)15(5-2)12-7-6-11(8-13)9-14-12/h6-7,9-10H,4-5,8H2,1-3H3. The van der Waals surface area contributed by atoms with Crippen LogP contribution in [0.3, 0.4) is 0 Å². The number of pyridine rings is 1. The van der Waals surface area contributed by atoms with E-state index in [1.165, 1.54) is 0 Å². The van der Waals surface area contributed by atoms with E-state index in [9.17, 15) is 0 Å². The van der Waals surface area contributed by atoms with Gasteiger partial charge in [-0.05, 0) is 31.9 Å². The second-order valence-electron chi connectivity index (χ2n) is 3.70. The maximum Gasteiger partial charge on any atom is 0.128 e. The molecule has 0 saturated carbocycles. The first kappa shape index (κ1) is 12.3. The molecule has 1 aromatic rings. The molecular weight excluding hydrogens is 208 g/mol. The Bertz CT molecular complexity index is 284. The molecule has 1 rings (SSSR count). The average Bonchev–Trinajstić information content (AvgIpc) is 2.30. The molecule has 0 saturated heterocycles. The predicted octanol–water partition coefficient (Wildman–Crippen LogP) is 3.45. The summed E-state index contributed by atoms with van der Waals surface area (Å²) in [6, 6.07) is 4.62. The van der Waals surface area contributed by atoms with Crippen molar-refractivity contribution in [3.8, 4) is 0 Å². The topological polar surface area (TPSA) is 16.1 Å². The number of nitrogens with zero attached hydrogens (tertiary/aromatic N) is 2. The van der Waals surface area contributed by atoms with E-state index in [4.69, 9.17) is 11.6 Å². The van der Waals surface area contributed by atoms with Gasteiger partial charge in [0.05, 0.1) is 0 Å². The zero-order valence-corrected chi connectivity index (χ0v) is 10.5. The summed E-state index contributed by atoms with van der Waals surface area (Å²) in [6.07, 6.45) is 2.99. The van der Waals surface area contributed by atoms with E-state index in [1.54, 1.807) is 0 Å². The van der Waals surface area contributed by atoms with Crippen LogP contribution < -0.4 is 4.90 Å². The van der Waals surface area contributed by atoms with Gasteiger partial charge in [-0.2, -0.15) is 0 Å². The number of halogens is 1. The number of hydrogen-bond donors (Lipinski definition) is 0. The molecule has 1 aromatic heterocycles. The summed E-state index contributed by atoms with van der Waals surface area (Å²) in [5, 5.41) is 0. The van der Waals surface area contributed by atoms with E-state index in [0.717, 1.165) is 24.3 Å². The molecule has 84 valence electrons. The highest BCUT2D eigenvalue weighted by atomic mass is 35.5. The molecule has 0 aliphatic heterocycles. The van der Waals surface area contributed by atoms with E-state index in [2.05, 4.69) is 30.7 Å². The van der Waals surface area contributed by atoms with Crippen LogP contribution in [0.2, 0.25) is 0 Å². The number of aromatic nitrogens is 1. The number of rotatable bonds is 5. The third-order valence-corrected chi connectivity index (χ3v) is 3.03. The molecule has 0 spiro atoms. The third kappa shape index (κ3) is 3.10. The van der Waals surface area contributed by atoms with E-state index < -0.39 is 0 Å². The normalized spacial score (nSPS) is 12.5. The number of hydrogen-bond acceptors (Lipinski definition) is 2. The van der Waals surface area contributed by atoms with Gasteiger partial charge in [-0.1, -0.05) is 13.0 Å². The number of alkyl halides is 1. The van der Waals surface area contributed by atoms with Crippen molar-refractivity contribution in [2.75, 3.05) is 11.4 Å². The first-order valence-electron chi connectivity index (χ1n) is 5.50. The van der Waals surface area contributed by atoms with E-state index >= 15 is 0 Å². The van der Waals surface area contributed by atoms with Crippen LogP contribution in [0.25, 0.3) is 0 Å². The smallest absolute Gasteiger partial charge is 0.128 e. The molecule has 0 radical (unpaired) electrons. The summed E-state index contributed by atoms with van der Waals surface area (Å²) in [7, 11) is 0. The predicted molar refractivity (Wildman–Crippen MR) is 66.6 cm³/mol. The Morgan fingerprint density at radius 1 is 1.40 bits per heavy atom. The monoisotopic (exact) mass is 226 g/mol. The van der Waals surface area contributed by atoms with Gasteiger partial charge in [0, 0.05) is 24.7 Å². The molecule has 0 bridgehead atoms. The molecule has 1 heterocycles. The average molecular weight is 227 g/mol. The second kappa shape index (κ2) is 5.96. The van der Waals surface area contributed by atoms with Crippen LogP contribution in [0.5, 0.6) is 0 Å². The molecule has 0 aromatic carbocycles. The molecule has 3 heteroatoms. The highest BCUT2D eigenvalue weighted by molar-refractivity contribution is 6.17. The van der Waals surface area contributed by atoms with Crippen molar-refractivity contribution in [1.29, 1.82) is 0 Å². The van der Waals surface area contributed by atoms with E-state index in [0.29, 0.717) is 11.9 Å². The van der Waals surface area contributed by atoms with Gasteiger partial charge in [0.25, 0.3) is 0 Å². The van der Waals surface area contributed by atoms with Crippen molar-refractivity contribution in [3.05, 3.63) is 23.9 Å². The van der Waals surface area contributed by atoms with Crippen LogP contribution in [-0.4, -0.2) is 17.6 Å². The fourth-order valence-corrected chi connectivity index (χ4v) is 1.74. The molecule has 0 fully saturated rings. The third-order valence-electron chi connectivity index (χ3n) is 2.72. The van der Waals surface area contributed by atoms with Gasteiger partial charge in [0.2, 0.25) is 0 Å². The lowest BCUT2D eigenvalue weighted by Gasteiger charge is -2.28. The summed E-state index contributed by atoms with van der Waals surface area (Å²) in [6.45, 7) is 7.56. The Labute approximate surface area is 97.3 Å². The van der Waals surface area contributed by atoms with Crippen LogP contribution in [0, 0.1) is 0 Å². The maximum atomic E-state index is 5.73. The lowest BCUT2D eigenvalue weighted by molar-refractivity contribution is 0.623. The van der Waals surface area contributed by atoms with Crippen LogP contribution in [0.4, 0.5) is 5.82 Å². The molecule has 15 heavy (non-hydrogen) atoms. The second-order valence-corrected chi connectivity index (χ2v) is 3.97. The lowest BCUT2D eigenvalue weighted by atomic mass is 10.2. The largest absolute Gasteiger partial charge is 0.354 e. The van der Waals surface area contributed by atoms with Crippen molar-refractivity contribution in [2.45, 2.75) is 39.1 Å². The van der Waals surface area contributed by atoms with Gasteiger partial charge >= 0.3 is 0 Å². The minimum Gasteiger partial charge on any atom is -0.354 e. The fraction of sp³-hybridized carbons (Fsp3) is 0.583. The zero-order chi connectivity index (χ0) is 11.3. The molecule has 1 unspecified atom stereocenters. The van der Waals surface area contributed by atoms with Crippen molar-refractivity contribution in [3.63, 3.8) is 0 Å². The van der Waals surface area contributed by atoms with Crippen molar-refractivity contribution in [1.82, 2.24) is 4.98 Å². The summed E-state index contributed by atoms with van der Waals surface area (Å²) in [5.74, 6) is 1.57. The minimum atomic E-state index is 0.530. The van der Waals surface area contributed by atoms with Gasteiger partial charge in [-0.3, -0.25) is 0 Å². The lowest BCUT2D eigenvalue weighted by Crippen LogP contribution is -2.32. The van der Waals surface area contributed by atoms with Crippen molar-refractivity contribution in [2.24, 2.45) is 0 Å². The van der Waals surface area contributed by atoms with E-state index in [-0.39, 0.29) is 0 Å².